The van der Waals surface area contributed by atoms with Gasteiger partial charge < -0.3 is 25.4 Å². The molecule has 1 unspecified atom stereocenters. The largest absolute Gasteiger partial charge is 0.383 e. The summed E-state index contributed by atoms with van der Waals surface area (Å²) in [6, 6.07) is 1.37. The molecular formula is C20H25F2N7O2. The van der Waals surface area contributed by atoms with Crippen LogP contribution in [-0.4, -0.2) is 65.4 Å². The van der Waals surface area contributed by atoms with Gasteiger partial charge in [0.2, 0.25) is 5.95 Å². The summed E-state index contributed by atoms with van der Waals surface area (Å²) < 4.78 is 38.4. The van der Waals surface area contributed by atoms with E-state index in [1.54, 1.807) is 0 Å². The van der Waals surface area contributed by atoms with Gasteiger partial charge in [-0.25, -0.2) is 18.7 Å². The van der Waals surface area contributed by atoms with E-state index >= 15 is 0 Å². The standard InChI is InChI=1S/C20H25F2N7O2/c1-10-8-30-3-2-29(10)20-27-18(11-4-13(16(21)22)17(23)25-6-11)26-19(28-20)15-14-7-24-5-12(14)9-31-15/h4,6,10,12,14-16,24H,2-3,5,7-9H2,1H3,(H2,23,25)/t10-,12-,14-,15?/m1/s1. The Morgan fingerprint density at radius 2 is 2.10 bits per heavy atom. The van der Waals surface area contributed by atoms with Gasteiger partial charge in [0.1, 0.15) is 11.9 Å². The van der Waals surface area contributed by atoms with Crippen LogP contribution in [0.15, 0.2) is 12.3 Å². The molecule has 3 saturated heterocycles. The average molecular weight is 433 g/mol. The predicted molar refractivity (Wildman–Crippen MR) is 109 cm³/mol. The molecule has 3 fully saturated rings. The van der Waals surface area contributed by atoms with E-state index in [9.17, 15) is 8.78 Å². The second-order valence-electron chi connectivity index (χ2n) is 8.27. The summed E-state index contributed by atoms with van der Waals surface area (Å²) in [4.78, 5) is 20.0. The first-order valence-corrected chi connectivity index (χ1v) is 10.5. The van der Waals surface area contributed by atoms with Gasteiger partial charge in [-0.05, 0) is 13.0 Å². The minimum Gasteiger partial charge on any atom is -0.383 e. The fraction of sp³-hybridized carbons (Fsp3) is 0.600. The highest BCUT2D eigenvalue weighted by atomic mass is 19.3. The van der Waals surface area contributed by atoms with Crippen LogP contribution >= 0.6 is 0 Å². The van der Waals surface area contributed by atoms with Crippen molar-refractivity contribution in [2.24, 2.45) is 11.8 Å². The SMILES string of the molecule is C[C@@H]1COCCN1c1nc(-c2cnc(N)c(C(F)F)c2)nc(C2OC[C@H]3CNC[C@@H]23)n1. The smallest absolute Gasteiger partial charge is 0.267 e. The number of hydrogen-bond donors (Lipinski definition) is 2. The molecule has 2 aromatic rings. The number of anilines is 2. The van der Waals surface area contributed by atoms with Crippen LogP contribution in [0.2, 0.25) is 0 Å². The highest BCUT2D eigenvalue weighted by Gasteiger charge is 2.43. The Hall–Kier alpha value is -2.50. The van der Waals surface area contributed by atoms with Crippen LogP contribution < -0.4 is 16.0 Å². The molecule has 0 saturated carbocycles. The second kappa shape index (κ2) is 8.21. The lowest BCUT2D eigenvalue weighted by Gasteiger charge is -2.33. The number of alkyl halides is 2. The topological polar surface area (TPSA) is 111 Å². The van der Waals surface area contributed by atoms with Gasteiger partial charge in [0.25, 0.3) is 6.43 Å². The number of nitrogens with one attached hydrogen (secondary N) is 1. The molecule has 3 N–H and O–H groups in total. The molecule has 0 aliphatic carbocycles. The maximum Gasteiger partial charge on any atom is 0.267 e. The van der Waals surface area contributed by atoms with Crippen LogP contribution in [-0.2, 0) is 9.47 Å². The molecule has 3 aliphatic rings. The summed E-state index contributed by atoms with van der Waals surface area (Å²) in [6.45, 7) is 6.17. The molecular weight excluding hydrogens is 408 g/mol. The third-order valence-electron chi connectivity index (χ3n) is 6.23. The molecule has 5 rings (SSSR count). The number of nitrogens with zero attached hydrogens (tertiary/aromatic N) is 5. The van der Waals surface area contributed by atoms with Gasteiger partial charge in [0, 0.05) is 43.2 Å². The van der Waals surface area contributed by atoms with Crippen molar-refractivity contribution in [1.29, 1.82) is 0 Å². The van der Waals surface area contributed by atoms with E-state index in [2.05, 4.69) is 25.2 Å². The first-order valence-electron chi connectivity index (χ1n) is 10.5. The molecule has 0 radical (unpaired) electrons. The highest BCUT2D eigenvalue weighted by Crippen LogP contribution is 2.40. The number of fused-ring (bicyclic) bond motifs is 1. The minimum atomic E-state index is -2.74. The van der Waals surface area contributed by atoms with Gasteiger partial charge in [0.15, 0.2) is 11.6 Å². The van der Waals surface area contributed by atoms with E-state index in [-0.39, 0.29) is 35.3 Å². The summed E-state index contributed by atoms with van der Waals surface area (Å²) in [7, 11) is 0. The third-order valence-corrected chi connectivity index (χ3v) is 6.23. The van der Waals surface area contributed by atoms with Crippen LogP contribution in [0, 0.1) is 11.8 Å². The van der Waals surface area contributed by atoms with E-state index < -0.39 is 6.43 Å². The number of morpholine rings is 1. The number of nitrogen functional groups attached to an aromatic ring is 1. The van der Waals surface area contributed by atoms with Crippen LogP contribution in [0.3, 0.4) is 0 Å². The molecule has 0 aromatic carbocycles. The Morgan fingerprint density at radius 1 is 1.23 bits per heavy atom. The van der Waals surface area contributed by atoms with Crippen LogP contribution in [0.4, 0.5) is 20.5 Å². The van der Waals surface area contributed by atoms with Crippen molar-refractivity contribution in [3.63, 3.8) is 0 Å². The third kappa shape index (κ3) is 3.81. The fourth-order valence-electron chi connectivity index (χ4n) is 4.49. The molecule has 0 spiro atoms. The van der Waals surface area contributed by atoms with E-state index in [0.29, 0.717) is 49.6 Å². The van der Waals surface area contributed by atoms with Gasteiger partial charge >= 0.3 is 0 Å². The van der Waals surface area contributed by atoms with Gasteiger partial charge in [-0.3, -0.25) is 0 Å². The van der Waals surface area contributed by atoms with Crippen molar-refractivity contribution >= 4 is 11.8 Å². The summed E-state index contributed by atoms with van der Waals surface area (Å²) in [5, 5.41) is 3.40. The summed E-state index contributed by atoms with van der Waals surface area (Å²) in [5.74, 6) is 1.78. The Kier molecular flexibility index (Phi) is 5.40. The Balaban J connectivity index is 1.59. The fourth-order valence-corrected chi connectivity index (χ4v) is 4.49. The van der Waals surface area contributed by atoms with Crippen molar-refractivity contribution in [3.05, 3.63) is 23.7 Å². The highest BCUT2D eigenvalue weighted by molar-refractivity contribution is 5.60. The van der Waals surface area contributed by atoms with Crippen molar-refractivity contribution in [1.82, 2.24) is 25.3 Å². The summed E-state index contributed by atoms with van der Waals surface area (Å²) >= 11 is 0. The Morgan fingerprint density at radius 3 is 2.90 bits per heavy atom. The molecule has 5 heterocycles. The molecule has 2 aromatic heterocycles. The van der Waals surface area contributed by atoms with Gasteiger partial charge in [0.05, 0.1) is 31.4 Å². The molecule has 4 atom stereocenters. The lowest BCUT2D eigenvalue weighted by Crippen LogP contribution is -2.44. The number of aromatic nitrogens is 4. The van der Waals surface area contributed by atoms with Gasteiger partial charge in [-0.1, -0.05) is 0 Å². The molecule has 31 heavy (non-hydrogen) atoms. The number of halogens is 2. The van der Waals surface area contributed by atoms with Crippen molar-refractivity contribution < 1.29 is 18.3 Å². The zero-order chi connectivity index (χ0) is 21.5. The Labute approximate surface area is 178 Å². The monoisotopic (exact) mass is 433 g/mol. The quantitative estimate of drug-likeness (QED) is 0.742. The number of pyridine rings is 1. The molecule has 0 amide bonds. The first-order chi connectivity index (χ1) is 15.0. The summed E-state index contributed by atoms with van der Waals surface area (Å²) in [6.07, 6.45) is -1.59. The molecule has 11 heteroatoms. The molecule has 0 bridgehead atoms. The lowest BCUT2D eigenvalue weighted by atomic mass is 9.94. The van der Waals surface area contributed by atoms with Crippen molar-refractivity contribution in [3.8, 4) is 11.4 Å². The van der Waals surface area contributed by atoms with E-state index in [1.807, 2.05) is 6.92 Å². The van der Waals surface area contributed by atoms with Crippen LogP contribution in [0.25, 0.3) is 11.4 Å². The molecule has 3 aliphatic heterocycles. The molecule has 9 nitrogen and oxygen atoms in total. The van der Waals surface area contributed by atoms with E-state index in [0.717, 1.165) is 13.1 Å². The minimum absolute atomic E-state index is 0.0726. The second-order valence-corrected chi connectivity index (χ2v) is 8.27. The van der Waals surface area contributed by atoms with Gasteiger partial charge in [-0.2, -0.15) is 9.97 Å². The first kappa shape index (κ1) is 20.4. The predicted octanol–water partition coefficient (Wildman–Crippen LogP) is 1.59. The van der Waals surface area contributed by atoms with Gasteiger partial charge in [-0.15, -0.1) is 0 Å². The maximum absolute atomic E-state index is 13.4. The number of rotatable bonds is 4. The number of ether oxygens (including phenoxy) is 2. The van der Waals surface area contributed by atoms with Crippen LogP contribution in [0.5, 0.6) is 0 Å². The van der Waals surface area contributed by atoms with Crippen molar-refractivity contribution in [2.75, 3.05) is 50.1 Å². The molecule has 166 valence electrons. The number of nitrogens with two attached hydrogens (primary N) is 1. The normalized spacial score (nSPS) is 28.3. The zero-order valence-corrected chi connectivity index (χ0v) is 17.2. The van der Waals surface area contributed by atoms with Crippen molar-refractivity contribution in [2.45, 2.75) is 25.5 Å². The summed E-state index contributed by atoms with van der Waals surface area (Å²) in [5.41, 5.74) is 5.66. The maximum atomic E-state index is 13.4. The van der Waals surface area contributed by atoms with Crippen LogP contribution in [0.1, 0.15) is 30.8 Å². The Bertz CT molecular complexity index is 963. The lowest BCUT2D eigenvalue weighted by molar-refractivity contribution is 0.0803. The average Bonchev–Trinajstić information content (AvgIpc) is 3.38. The van der Waals surface area contributed by atoms with E-state index in [1.165, 1.54) is 12.3 Å². The number of hydrogen-bond acceptors (Lipinski definition) is 9. The zero-order valence-electron chi connectivity index (χ0n) is 17.2. The van der Waals surface area contributed by atoms with E-state index in [4.69, 9.17) is 20.2 Å².